The van der Waals surface area contributed by atoms with Gasteiger partial charge < -0.3 is 18.3 Å². The van der Waals surface area contributed by atoms with E-state index in [0.717, 1.165) is 5.56 Å². The number of benzene rings is 3. The van der Waals surface area contributed by atoms with E-state index in [9.17, 15) is 4.79 Å². The van der Waals surface area contributed by atoms with E-state index in [0.29, 0.717) is 38.9 Å². The van der Waals surface area contributed by atoms with Gasteiger partial charge in [-0.05, 0) is 85.6 Å². The van der Waals surface area contributed by atoms with E-state index in [1.165, 1.54) is 10.4 Å². The number of carbonyl (C=O) groups is 2. The molecule has 0 aliphatic carbocycles. The average molecular weight is 786 g/mol. The summed E-state index contributed by atoms with van der Waals surface area (Å²) in [5.41, 5.74) is -1.08. The summed E-state index contributed by atoms with van der Waals surface area (Å²) in [6.45, 7) is 28.3. The lowest BCUT2D eigenvalue weighted by atomic mass is 9.79. The highest BCUT2D eigenvalue weighted by Gasteiger charge is 2.61. The molecule has 1 aliphatic heterocycles. The van der Waals surface area contributed by atoms with Gasteiger partial charge >= 0.3 is 12.1 Å². The van der Waals surface area contributed by atoms with Crippen molar-refractivity contribution in [2.24, 2.45) is 5.92 Å². The molecule has 0 spiro atoms. The number of rotatable bonds is 15. The van der Waals surface area contributed by atoms with Crippen molar-refractivity contribution < 1.29 is 27.9 Å². The molecule has 3 aromatic rings. The second kappa shape index (κ2) is 17.7. The second-order valence-corrected chi connectivity index (χ2v) is 27.6. The van der Waals surface area contributed by atoms with Crippen LogP contribution in [0.3, 0.4) is 0 Å². The van der Waals surface area contributed by atoms with Crippen molar-refractivity contribution in [3.8, 4) is 0 Å². The monoisotopic (exact) mass is 785 g/mol. The maximum atomic E-state index is 15.1. The summed E-state index contributed by atoms with van der Waals surface area (Å²) < 4.78 is 26.3. The summed E-state index contributed by atoms with van der Waals surface area (Å²) >= 11 is 0. The largest absolute Gasteiger partial charge is 0.517 e. The summed E-state index contributed by atoms with van der Waals surface area (Å²) in [4.78, 5) is 31.3. The zero-order valence-corrected chi connectivity index (χ0v) is 37.4. The third-order valence-corrected chi connectivity index (χ3v) is 20.8. The maximum Gasteiger partial charge on any atom is 0.411 e. The Hall–Kier alpha value is -3.51. The summed E-state index contributed by atoms with van der Waals surface area (Å²) in [5, 5.41) is 2.03. The first-order chi connectivity index (χ1) is 25.7. The van der Waals surface area contributed by atoms with Crippen LogP contribution in [0.5, 0.6) is 0 Å². The minimum atomic E-state index is -2.78. The SMILES string of the molecule is C=C[C@@H](CCCO[Si](c1ccccc1)(c1ccccc1)C(C)(C)C)[C@]1(C(=O)O[Si](C)(C)C(C)(C)C)CC[C@@H](COCc2ccccc2)N1C(=O)OC(C)(C)C. The molecule has 9 heteroatoms. The molecule has 55 heavy (non-hydrogen) atoms. The Morgan fingerprint density at radius 3 is 1.84 bits per heavy atom. The number of nitrogens with zero attached hydrogens (tertiary/aromatic N) is 1. The van der Waals surface area contributed by atoms with Gasteiger partial charge in [0.05, 0.1) is 19.3 Å². The Morgan fingerprint density at radius 1 is 0.836 bits per heavy atom. The summed E-state index contributed by atoms with van der Waals surface area (Å²) in [5.74, 6) is -0.813. The summed E-state index contributed by atoms with van der Waals surface area (Å²) in [7, 11) is -5.40. The number of carbonyl (C=O) groups excluding carboxylic acids is 2. The molecule has 0 N–H and O–H groups in total. The third kappa shape index (κ3) is 10.1. The van der Waals surface area contributed by atoms with Crippen molar-refractivity contribution in [3.63, 3.8) is 0 Å². The van der Waals surface area contributed by atoms with Crippen molar-refractivity contribution in [1.29, 1.82) is 0 Å². The molecule has 3 aromatic carbocycles. The quantitative estimate of drug-likeness (QED) is 0.0868. The number of likely N-dealkylation sites (tertiary alicyclic amines) is 1. The summed E-state index contributed by atoms with van der Waals surface area (Å²) in [6, 6.07) is 30.8. The Bertz CT molecular complexity index is 1660. The first-order valence-electron chi connectivity index (χ1n) is 19.9. The van der Waals surface area contributed by atoms with Gasteiger partial charge in [0.2, 0.25) is 0 Å². The normalized spacial score (nSPS) is 18.8. The number of ether oxygens (including phenoxy) is 2. The van der Waals surface area contributed by atoms with Gasteiger partial charge in [-0.1, -0.05) is 139 Å². The fraction of sp³-hybridized carbons (Fsp3) is 0.522. The molecule has 0 unspecified atom stereocenters. The van der Waals surface area contributed by atoms with E-state index in [1.54, 1.807) is 4.90 Å². The minimum absolute atomic E-state index is 0.173. The Morgan fingerprint density at radius 2 is 1.36 bits per heavy atom. The Kier molecular flexibility index (Phi) is 14.3. The number of hydrogen-bond donors (Lipinski definition) is 0. The van der Waals surface area contributed by atoms with Gasteiger partial charge in [-0.15, -0.1) is 6.58 Å². The highest BCUT2D eigenvalue weighted by Crippen LogP contribution is 2.47. The molecule has 1 aliphatic rings. The van der Waals surface area contributed by atoms with Crippen LogP contribution in [0, 0.1) is 5.92 Å². The number of hydrogen-bond acceptors (Lipinski definition) is 6. The van der Waals surface area contributed by atoms with Crippen LogP contribution >= 0.6 is 0 Å². The van der Waals surface area contributed by atoms with E-state index >= 15 is 4.79 Å². The van der Waals surface area contributed by atoms with Gasteiger partial charge in [-0.3, -0.25) is 9.69 Å². The van der Waals surface area contributed by atoms with Crippen LogP contribution in [0.1, 0.15) is 93.6 Å². The van der Waals surface area contributed by atoms with Crippen LogP contribution in [0.25, 0.3) is 0 Å². The molecule has 1 amide bonds. The first-order valence-corrected chi connectivity index (χ1v) is 24.8. The van der Waals surface area contributed by atoms with Gasteiger partial charge in [0.25, 0.3) is 16.6 Å². The van der Waals surface area contributed by atoms with E-state index in [-0.39, 0.29) is 22.7 Å². The molecule has 1 heterocycles. The fourth-order valence-electron chi connectivity index (χ4n) is 7.66. The van der Waals surface area contributed by atoms with Crippen molar-refractivity contribution >= 4 is 39.1 Å². The topological polar surface area (TPSA) is 74.3 Å². The molecular weight excluding hydrogens is 719 g/mol. The van der Waals surface area contributed by atoms with Gasteiger partial charge in [0.15, 0.2) is 0 Å². The fourth-order valence-corrected chi connectivity index (χ4v) is 13.2. The third-order valence-electron chi connectivity index (χ3n) is 11.5. The first kappa shape index (κ1) is 44.2. The molecule has 0 bridgehead atoms. The lowest BCUT2D eigenvalue weighted by Gasteiger charge is -2.46. The minimum Gasteiger partial charge on any atom is -0.517 e. The smallest absolute Gasteiger partial charge is 0.411 e. The van der Waals surface area contributed by atoms with Crippen molar-refractivity contribution in [2.75, 3.05) is 13.2 Å². The molecule has 4 rings (SSSR count). The van der Waals surface area contributed by atoms with Gasteiger partial charge in [-0.25, -0.2) is 4.79 Å². The van der Waals surface area contributed by atoms with Crippen LogP contribution in [-0.2, 0) is 29.7 Å². The standard InChI is InChI=1S/C46H67NO6Si2/c1-13-37(26-23-33-51-55(45(8,9)10,39-27-19-15-20-28-39)40-29-21-16-22-30-40)46(41(48)53-54(11,12)44(5,6)7)32-31-38(47(46)42(49)52-43(2,3)4)35-50-34-36-24-17-14-18-25-36/h13-22,24-25,27-30,37-38H,1,23,26,31-35H2,2-12H3/t37-,38-,46-/m0/s1. The van der Waals surface area contributed by atoms with Crippen LogP contribution in [0.2, 0.25) is 23.2 Å². The molecule has 1 saturated heterocycles. The highest BCUT2D eigenvalue weighted by atomic mass is 28.4. The van der Waals surface area contributed by atoms with Crippen molar-refractivity contribution in [3.05, 3.63) is 109 Å². The molecule has 1 fully saturated rings. The van der Waals surface area contributed by atoms with Gasteiger partial charge in [0.1, 0.15) is 11.1 Å². The molecule has 7 nitrogen and oxygen atoms in total. The Balaban J connectivity index is 1.72. The van der Waals surface area contributed by atoms with Crippen LogP contribution in [0.4, 0.5) is 4.79 Å². The van der Waals surface area contributed by atoms with E-state index in [1.807, 2.05) is 69.3 Å². The predicted molar refractivity (Wildman–Crippen MR) is 230 cm³/mol. The van der Waals surface area contributed by atoms with Crippen LogP contribution in [0.15, 0.2) is 104 Å². The van der Waals surface area contributed by atoms with E-state index in [2.05, 4.69) is 110 Å². The predicted octanol–water partition coefficient (Wildman–Crippen LogP) is 10.0. The van der Waals surface area contributed by atoms with E-state index in [4.69, 9.17) is 18.3 Å². The van der Waals surface area contributed by atoms with Crippen molar-refractivity contribution in [1.82, 2.24) is 4.90 Å². The van der Waals surface area contributed by atoms with Crippen LogP contribution < -0.4 is 10.4 Å². The molecule has 3 atom stereocenters. The average Bonchev–Trinajstić information content (AvgIpc) is 3.49. The van der Waals surface area contributed by atoms with Gasteiger partial charge in [-0.2, -0.15) is 0 Å². The van der Waals surface area contributed by atoms with Crippen LogP contribution in [-0.4, -0.2) is 64.0 Å². The Labute approximate surface area is 334 Å². The number of amides is 1. The lowest BCUT2D eigenvalue weighted by Crippen LogP contribution is -2.66. The molecule has 300 valence electrons. The zero-order valence-electron chi connectivity index (χ0n) is 35.4. The lowest BCUT2D eigenvalue weighted by molar-refractivity contribution is -0.152. The van der Waals surface area contributed by atoms with E-state index < -0.39 is 45.8 Å². The van der Waals surface area contributed by atoms with Gasteiger partial charge in [0, 0.05) is 12.5 Å². The summed E-state index contributed by atoms with van der Waals surface area (Å²) in [6.07, 6.45) is 3.48. The highest BCUT2D eigenvalue weighted by molar-refractivity contribution is 6.99. The maximum absolute atomic E-state index is 15.1. The zero-order chi connectivity index (χ0) is 40.7. The second-order valence-electron chi connectivity index (χ2n) is 18.6. The molecule has 0 radical (unpaired) electrons. The molecule has 0 aromatic heterocycles. The molecular formula is C46H67NO6Si2. The molecule has 0 saturated carbocycles. The van der Waals surface area contributed by atoms with Crippen molar-refractivity contribution in [2.45, 2.75) is 135 Å².